The molecule has 4 rings (SSSR count). The van der Waals surface area contributed by atoms with Gasteiger partial charge in [-0.05, 0) is 38.3 Å². The van der Waals surface area contributed by atoms with E-state index in [0.717, 1.165) is 35.6 Å². The number of aliphatic carboxylic acids is 1. The number of hydrogen-bond donors (Lipinski definition) is 1. The molecule has 134 valence electrons. The van der Waals surface area contributed by atoms with Crippen LogP contribution in [0.25, 0.3) is 16.9 Å². The summed E-state index contributed by atoms with van der Waals surface area (Å²) in [7, 11) is 0. The van der Waals surface area contributed by atoms with Crippen molar-refractivity contribution in [3.05, 3.63) is 47.1 Å². The summed E-state index contributed by atoms with van der Waals surface area (Å²) in [6, 6.07) is 10.8. The molecular formula is C19H19ClN4O2. The van der Waals surface area contributed by atoms with Crippen LogP contribution in [0, 0.1) is 6.92 Å². The maximum absolute atomic E-state index is 11.7. The zero-order chi connectivity index (χ0) is 18.3. The third-order valence-corrected chi connectivity index (χ3v) is 5.01. The van der Waals surface area contributed by atoms with E-state index < -0.39 is 12.0 Å². The first-order valence-corrected chi connectivity index (χ1v) is 9.03. The number of nitrogens with zero attached hydrogens (tertiary/aromatic N) is 4. The molecular weight excluding hydrogens is 352 g/mol. The standard InChI is InChI=1S/C19H19ClN4O2/c1-12-10-18(23-9-3-2-4-16(23)19(25)26)24-17(21-12)11-15(22-24)13-5-7-14(20)8-6-13/h5-8,10-11,16H,2-4,9H2,1H3,(H,25,26). The summed E-state index contributed by atoms with van der Waals surface area (Å²) in [5.74, 6) is -0.0165. The van der Waals surface area contributed by atoms with Gasteiger partial charge in [0.15, 0.2) is 5.65 Å². The maximum Gasteiger partial charge on any atom is 0.326 e. The van der Waals surface area contributed by atoms with Crippen LogP contribution in [0.4, 0.5) is 5.82 Å². The lowest BCUT2D eigenvalue weighted by Gasteiger charge is -2.34. The number of carboxylic acids is 1. The SMILES string of the molecule is Cc1cc(N2CCCCC2C(=O)O)n2nc(-c3ccc(Cl)cc3)cc2n1. The van der Waals surface area contributed by atoms with E-state index in [4.69, 9.17) is 16.7 Å². The molecule has 0 spiro atoms. The smallest absolute Gasteiger partial charge is 0.326 e. The summed E-state index contributed by atoms with van der Waals surface area (Å²) in [6.07, 6.45) is 2.54. The van der Waals surface area contributed by atoms with Crippen molar-refractivity contribution >= 4 is 29.0 Å². The highest BCUT2D eigenvalue weighted by atomic mass is 35.5. The Labute approximate surface area is 156 Å². The zero-order valence-corrected chi connectivity index (χ0v) is 15.1. The van der Waals surface area contributed by atoms with Crippen LogP contribution in [-0.2, 0) is 4.79 Å². The fraction of sp³-hybridized carbons (Fsp3) is 0.316. The van der Waals surface area contributed by atoms with E-state index in [1.165, 1.54) is 0 Å². The van der Waals surface area contributed by atoms with Crippen LogP contribution < -0.4 is 4.90 Å². The topological polar surface area (TPSA) is 70.7 Å². The highest BCUT2D eigenvalue weighted by Crippen LogP contribution is 2.28. The molecule has 3 aromatic rings. The molecule has 1 fully saturated rings. The van der Waals surface area contributed by atoms with E-state index in [1.807, 2.05) is 48.2 Å². The fourth-order valence-electron chi connectivity index (χ4n) is 3.51. The molecule has 1 unspecified atom stereocenters. The van der Waals surface area contributed by atoms with Crippen LogP contribution in [0.3, 0.4) is 0 Å². The zero-order valence-electron chi connectivity index (χ0n) is 14.4. The van der Waals surface area contributed by atoms with Gasteiger partial charge in [0.2, 0.25) is 0 Å². The monoisotopic (exact) mass is 370 g/mol. The molecule has 2 aromatic heterocycles. The van der Waals surface area contributed by atoms with E-state index in [9.17, 15) is 9.90 Å². The van der Waals surface area contributed by atoms with Gasteiger partial charge < -0.3 is 10.0 Å². The molecule has 3 heterocycles. The van der Waals surface area contributed by atoms with Crippen molar-refractivity contribution in [1.82, 2.24) is 14.6 Å². The molecule has 1 aromatic carbocycles. The van der Waals surface area contributed by atoms with Gasteiger partial charge in [0.1, 0.15) is 11.9 Å². The van der Waals surface area contributed by atoms with Crippen LogP contribution in [-0.4, -0.2) is 38.3 Å². The summed E-state index contributed by atoms with van der Waals surface area (Å²) in [6.45, 7) is 2.61. The van der Waals surface area contributed by atoms with Crippen LogP contribution in [0.15, 0.2) is 36.4 Å². The average molecular weight is 371 g/mol. The number of aryl methyl sites for hydroxylation is 1. The van der Waals surface area contributed by atoms with E-state index in [-0.39, 0.29) is 0 Å². The van der Waals surface area contributed by atoms with Gasteiger partial charge in [0.05, 0.1) is 5.69 Å². The van der Waals surface area contributed by atoms with Gasteiger partial charge in [0, 0.05) is 35.0 Å². The second kappa shape index (κ2) is 6.61. The fourth-order valence-corrected chi connectivity index (χ4v) is 3.64. The number of benzene rings is 1. The van der Waals surface area contributed by atoms with E-state index in [0.29, 0.717) is 23.6 Å². The molecule has 0 bridgehead atoms. The first-order valence-electron chi connectivity index (χ1n) is 8.66. The predicted molar refractivity (Wildman–Crippen MR) is 101 cm³/mol. The summed E-state index contributed by atoms with van der Waals surface area (Å²) < 4.78 is 1.75. The lowest BCUT2D eigenvalue weighted by atomic mass is 10.0. The molecule has 1 saturated heterocycles. The summed E-state index contributed by atoms with van der Waals surface area (Å²) >= 11 is 5.97. The number of carboxylic acid groups (broad SMARTS) is 1. The minimum atomic E-state index is -0.794. The third-order valence-electron chi connectivity index (χ3n) is 4.76. The van der Waals surface area contributed by atoms with Crippen LogP contribution in [0.1, 0.15) is 25.0 Å². The Kier molecular flexibility index (Phi) is 4.28. The van der Waals surface area contributed by atoms with Gasteiger partial charge in [-0.25, -0.2) is 9.78 Å². The van der Waals surface area contributed by atoms with Gasteiger partial charge in [-0.15, -0.1) is 0 Å². The van der Waals surface area contributed by atoms with Crippen molar-refractivity contribution < 1.29 is 9.90 Å². The second-order valence-electron chi connectivity index (χ2n) is 6.61. The molecule has 0 radical (unpaired) electrons. The van der Waals surface area contributed by atoms with Crippen LogP contribution in [0.2, 0.25) is 5.02 Å². The molecule has 1 atom stereocenters. The Morgan fingerprint density at radius 1 is 1.23 bits per heavy atom. The number of piperidine rings is 1. The highest BCUT2D eigenvalue weighted by Gasteiger charge is 2.30. The third kappa shape index (κ3) is 3.01. The van der Waals surface area contributed by atoms with E-state index in [1.54, 1.807) is 4.52 Å². The number of aromatic nitrogens is 3. The molecule has 0 amide bonds. The predicted octanol–water partition coefficient (Wildman–Crippen LogP) is 3.80. The van der Waals surface area contributed by atoms with Crippen LogP contribution >= 0.6 is 11.6 Å². The number of halogens is 1. The van der Waals surface area contributed by atoms with Gasteiger partial charge in [-0.1, -0.05) is 23.7 Å². The number of carbonyl (C=O) groups is 1. The van der Waals surface area contributed by atoms with E-state index in [2.05, 4.69) is 4.98 Å². The molecule has 7 heteroatoms. The number of hydrogen-bond acceptors (Lipinski definition) is 4. The Morgan fingerprint density at radius 2 is 2.00 bits per heavy atom. The molecule has 26 heavy (non-hydrogen) atoms. The Hall–Kier alpha value is -2.60. The first kappa shape index (κ1) is 16.8. The van der Waals surface area contributed by atoms with Gasteiger partial charge in [-0.2, -0.15) is 9.61 Å². The van der Waals surface area contributed by atoms with Crippen molar-refractivity contribution in [3.63, 3.8) is 0 Å². The van der Waals surface area contributed by atoms with Crippen molar-refractivity contribution in [2.45, 2.75) is 32.2 Å². The average Bonchev–Trinajstić information content (AvgIpc) is 3.05. The minimum absolute atomic E-state index is 0.531. The van der Waals surface area contributed by atoms with Crippen molar-refractivity contribution in [3.8, 4) is 11.3 Å². The van der Waals surface area contributed by atoms with Crippen LogP contribution in [0.5, 0.6) is 0 Å². The molecule has 1 aliphatic rings. The normalized spacial score (nSPS) is 17.6. The van der Waals surface area contributed by atoms with E-state index >= 15 is 0 Å². The molecule has 1 N–H and O–H groups in total. The quantitative estimate of drug-likeness (QED) is 0.759. The lowest BCUT2D eigenvalue weighted by Crippen LogP contribution is -2.45. The highest BCUT2D eigenvalue weighted by molar-refractivity contribution is 6.30. The summed E-state index contributed by atoms with van der Waals surface area (Å²) in [5, 5.41) is 15.0. The summed E-state index contributed by atoms with van der Waals surface area (Å²) in [4.78, 5) is 18.2. The Bertz CT molecular complexity index is 968. The Balaban J connectivity index is 1.84. The number of fused-ring (bicyclic) bond motifs is 1. The largest absolute Gasteiger partial charge is 0.480 e. The lowest BCUT2D eigenvalue weighted by molar-refractivity contribution is -0.139. The first-order chi connectivity index (χ1) is 12.5. The van der Waals surface area contributed by atoms with Gasteiger partial charge in [-0.3, -0.25) is 0 Å². The van der Waals surface area contributed by atoms with Crippen molar-refractivity contribution in [2.75, 3.05) is 11.4 Å². The molecule has 0 aliphatic carbocycles. The number of anilines is 1. The molecule has 0 saturated carbocycles. The van der Waals surface area contributed by atoms with Crippen molar-refractivity contribution in [1.29, 1.82) is 0 Å². The molecule has 1 aliphatic heterocycles. The van der Waals surface area contributed by atoms with Gasteiger partial charge in [0.25, 0.3) is 0 Å². The van der Waals surface area contributed by atoms with Gasteiger partial charge >= 0.3 is 5.97 Å². The summed E-state index contributed by atoms with van der Waals surface area (Å²) in [5.41, 5.74) is 3.27. The maximum atomic E-state index is 11.7. The molecule has 6 nitrogen and oxygen atoms in total. The number of rotatable bonds is 3. The van der Waals surface area contributed by atoms with Crippen molar-refractivity contribution in [2.24, 2.45) is 0 Å². The minimum Gasteiger partial charge on any atom is -0.480 e. The second-order valence-corrected chi connectivity index (χ2v) is 7.04. The Morgan fingerprint density at radius 3 is 2.73 bits per heavy atom.